The summed E-state index contributed by atoms with van der Waals surface area (Å²) in [5.41, 5.74) is 1.96. The fraction of sp³-hybridized carbons (Fsp3) is 0.300. The van der Waals surface area contributed by atoms with Gasteiger partial charge in [-0.15, -0.1) is 0 Å². The molecule has 0 unspecified atom stereocenters. The van der Waals surface area contributed by atoms with Gasteiger partial charge in [-0.05, 0) is 37.8 Å². The Morgan fingerprint density at radius 3 is 2.61 bits per heavy atom. The van der Waals surface area contributed by atoms with Gasteiger partial charge in [0.1, 0.15) is 17.9 Å². The number of rotatable bonds is 4. The topological polar surface area (TPSA) is 114 Å². The summed E-state index contributed by atoms with van der Waals surface area (Å²) >= 11 is 0. The minimum absolute atomic E-state index is 0.0441. The average Bonchev–Trinajstić information content (AvgIpc) is 2.75. The van der Waals surface area contributed by atoms with Crippen LogP contribution in [0, 0.1) is 11.3 Å². The van der Waals surface area contributed by atoms with Crippen molar-refractivity contribution in [2.75, 3.05) is 0 Å². The zero-order valence-electron chi connectivity index (χ0n) is 15.1. The Labute approximate surface area is 161 Å². The quantitative estimate of drug-likeness (QED) is 0.746. The van der Waals surface area contributed by atoms with Crippen molar-refractivity contribution in [1.82, 2.24) is 25.3 Å². The highest BCUT2D eigenvalue weighted by molar-refractivity contribution is 5.93. The van der Waals surface area contributed by atoms with Crippen molar-refractivity contribution >= 4 is 16.9 Å². The number of carbonyl (C=O) groups is 1. The normalized spacial score (nSPS) is 19.0. The van der Waals surface area contributed by atoms with E-state index in [1.807, 2.05) is 30.3 Å². The SMILES string of the molecule is N#Cc1nccnc1OC1CCC(NC(=O)c2cnc3ccccc3n2)CC1. The van der Waals surface area contributed by atoms with Gasteiger partial charge in [0.15, 0.2) is 0 Å². The summed E-state index contributed by atoms with van der Waals surface area (Å²) in [6.07, 6.45) is 7.51. The van der Waals surface area contributed by atoms with Crippen molar-refractivity contribution in [3.05, 3.63) is 54.2 Å². The number of fused-ring (bicyclic) bond motifs is 1. The number of ether oxygens (including phenoxy) is 1. The number of amides is 1. The summed E-state index contributed by atoms with van der Waals surface area (Å²) in [4.78, 5) is 29.2. The smallest absolute Gasteiger partial charge is 0.271 e. The predicted octanol–water partition coefficient (Wildman–Crippen LogP) is 2.41. The zero-order chi connectivity index (χ0) is 19.3. The highest BCUT2D eigenvalue weighted by Crippen LogP contribution is 2.24. The molecule has 4 rings (SSSR count). The van der Waals surface area contributed by atoms with Crippen LogP contribution in [0.1, 0.15) is 41.9 Å². The first-order chi connectivity index (χ1) is 13.7. The van der Waals surface area contributed by atoms with E-state index in [-0.39, 0.29) is 29.6 Å². The van der Waals surface area contributed by atoms with Gasteiger partial charge >= 0.3 is 0 Å². The fourth-order valence-electron chi connectivity index (χ4n) is 3.30. The summed E-state index contributed by atoms with van der Waals surface area (Å²) in [6.45, 7) is 0. The largest absolute Gasteiger partial charge is 0.472 e. The number of nitrogens with zero attached hydrogens (tertiary/aromatic N) is 5. The molecule has 8 heteroatoms. The minimum Gasteiger partial charge on any atom is -0.472 e. The molecule has 1 aliphatic rings. The summed E-state index contributed by atoms with van der Waals surface area (Å²) in [5.74, 6) is 0.0484. The fourth-order valence-corrected chi connectivity index (χ4v) is 3.30. The second-order valence-electron chi connectivity index (χ2n) is 6.63. The molecule has 8 nitrogen and oxygen atoms in total. The van der Waals surface area contributed by atoms with Crippen LogP contribution in [0.15, 0.2) is 42.9 Å². The van der Waals surface area contributed by atoms with Crippen molar-refractivity contribution < 1.29 is 9.53 Å². The maximum absolute atomic E-state index is 12.5. The lowest BCUT2D eigenvalue weighted by Gasteiger charge is -2.29. The van der Waals surface area contributed by atoms with E-state index in [1.165, 1.54) is 18.6 Å². The van der Waals surface area contributed by atoms with Crippen LogP contribution in [-0.4, -0.2) is 38.0 Å². The molecule has 0 bridgehead atoms. The molecule has 1 saturated carbocycles. The van der Waals surface area contributed by atoms with E-state index < -0.39 is 0 Å². The standard InChI is InChI=1S/C20H18N6O2/c21-11-17-20(23-10-9-22-17)28-14-7-5-13(6-8-14)25-19(27)18-12-24-15-3-1-2-4-16(15)26-18/h1-4,9-10,12-14H,5-8H2,(H,25,27). The van der Waals surface area contributed by atoms with Crippen molar-refractivity contribution in [2.45, 2.75) is 37.8 Å². The van der Waals surface area contributed by atoms with Crippen LogP contribution in [0.3, 0.4) is 0 Å². The Hall–Kier alpha value is -3.60. The van der Waals surface area contributed by atoms with Crippen LogP contribution < -0.4 is 10.1 Å². The van der Waals surface area contributed by atoms with E-state index >= 15 is 0 Å². The zero-order valence-corrected chi connectivity index (χ0v) is 15.1. The van der Waals surface area contributed by atoms with Gasteiger partial charge < -0.3 is 10.1 Å². The van der Waals surface area contributed by atoms with Crippen molar-refractivity contribution in [2.24, 2.45) is 0 Å². The van der Waals surface area contributed by atoms with Crippen molar-refractivity contribution in [3.63, 3.8) is 0 Å². The lowest BCUT2D eigenvalue weighted by Crippen LogP contribution is -2.40. The van der Waals surface area contributed by atoms with E-state index in [0.29, 0.717) is 11.2 Å². The van der Waals surface area contributed by atoms with E-state index in [9.17, 15) is 4.79 Å². The summed E-state index contributed by atoms with van der Waals surface area (Å²) in [5, 5.41) is 12.1. The third-order valence-corrected chi connectivity index (χ3v) is 4.74. The second-order valence-corrected chi connectivity index (χ2v) is 6.63. The third-order valence-electron chi connectivity index (χ3n) is 4.74. The molecular weight excluding hydrogens is 356 g/mol. The molecule has 3 aromatic rings. The maximum atomic E-state index is 12.5. The monoisotopic (exact) mass is 374 g/mol. The molecule has 28 heavy (non-hydrogen) atoms. The molecule has 0 radical (unpaired) electrons. The van der Waals surface area contributed by atoms with Gasteiger partial charge in [-0.2, -0.15) is 5.26 Å². The Kier molecular flexibility index (Phi) is 5.06. The second kappa shape index (κ2) is 7.96. The molecule has 0 spiro atoms. The number of nitriles is 1. The van der Waals surface area contributed by atoms with Crippen molar-refractivity contribution in [3.8, 4) is 11.9 Å². The first-order valence-corrected chi connectivity index (χ1v) is 9.13. The summed E-state index contributed by atoms with van der Waals surface area (Å²) < 4.78 is 5.83. The lowest BCUT2D eigenvalue weighted by molar-refractivity contribution is 0.0884. The van der Waals surface area contributed by atoms with Crippen LogP contribution in [0.2, 0.25) is 0 Å². The molecular formula is C20H18N6O2. The van der Waals surface area contributed by atoms with Gasteiger partial charge in [-0.25, -0.2) is 15.0 Å². The first-order valence-electron chi connectivity index (χ1n) is 9.13. The van der Waals surface area contributed by atoms with E-state index in [2.05, 4.69) is 25.3 Å². The molecule has 2 aromatic heterocycles. The highest BCUT2D eigenvalue weighted by atomic mass is 16.5. The molecule has 1 fully saturated rings. The van der Waals surface area contributed by atoms with E-state index in [0.717, 1.165) is 31.2 Å². The third kappa shape index (κ3) is 3.88. The number of aromatic nitrogens is 4. The predicted molar refractivity (Wildman–Crippen MR) is 100 cm³/mol. The molecule has 1 aromatic carbocycles. The number of benzene rings is 1. The molecule has 0 atom stereocenters. The van der Waals surface area contributed by atoms with E-state index in [1.54, 1.807) is 0 Å². The van der Waals surface area contributed by atoms with Crippen LogP contribution in [0.25, 0.3) is 11.0 Å². The minimum atomic E-state index is -0.219. The number of carbonyl (C=O) groups excluding carboxylic acids is 1. The summed E-state index contributed by atoms with van der Waals surface area (Å²) in [7, 11) is 0. The number of para-hydroxylation sites is 2. The van der Waals surface area contributed by atoms with Gasteiger partial charge in [0.25, 0.3) is 11.8 Å². The van der Waals surface area contributed by atoms with Crippen LogP contribution in [0.4, 0.5) is 0 Å². The Morgan fingerprint density at radius 1 is 1.07 bits per heavy atom. The molecule has 1 N–H and O–H groups in total. The molecule has 1 amide bonds. The number of hydrogen-bond acceptors (Lipinski definition) is 7. The molecule has 0 saturated heterocycles. The molecule has 1 aliphatic carbocycles. The van der Waals surface area contributed by atoms with Gasteiger partial charge in [0.2, 0.25) is 5.69 Å². The number of hydrogen-bond donors (Lipinski definition) is 1. The van der Waals surface area contributed by atoms with Gasteiger partial charge in [0.05, 0.1) is 17.2 Å². The molecule has 140 valence electrons. The Bertz CT molecular complexity index is 1040. The lowest BCUT2D eigenvalue weighted by atomic mass is 9.93. The highest BCUT2D eigenvalue weighted by Gasteiger charge is 2.25. The van der Waals surface area contributed by atoms with Crippen LogP contribution in [0.5, 0.6) is 5.88 Å². The maximum Gasteiger partial charge on any atom is 0.271 e. The number of nitrogens with one attached hydrogen (secondary N) is 1. The van der Waals surface area contributed by atoms with Gasteiger partial charge in [-0.3, -0.25) is 9.78 Å². The van der Waals surface area contributed by atoms with E-state index in [4.69, 9.17) is 10.00 Å². The van der Waals surface area contributed by atoms with Crippen molar-refractivity contribution in [1.29, 1.82) is 5.26 Å². The Morgan fingerprint density at radius 2 is 1.82 bits per heavy atom. The first kappa shape index (κ1) is 17.8. The average molecular weight is 374 g/mol. The van der Waals surface area contributed by atoms with Crippen LogP contribution in [-0.2, 0) is 0 Å². The Balaban J connectivity index is 1.33. The molecule has 2 heterocycles. The van der Waals surface area contributed by atoms with Gasteiger partial charge in [0, 0.05) is 18.4 Å². The molecule has 0 aliphatic heterocycles. The summed E-state index contributed by atoms with van der Waals surface area (Å²) in [6, 6.07) is 9.49. The van der Waals surface area contributed by atoms with Gasteiger partial charge in [-0.1, -0.05) is 12.1 Å². The van der Waals surface area contributed by atoms with Crippen LogP contribution >= 0.6 is 0 Å².